The molecule has 0 aliphatic carbocycles. The van der Waals surface area contributed by atoms with Crippen molar-refractivity contribution in [1.29, 1.82) is 0 Å². The highest BCUT2D eigenvalue weighted by molar-refractivity contribution is 6.47. The summed E-state index contributed by atoms with van der Waals surface area (Å²) in [6.07, 6.45) is 4.79. The van der Waals surface area contributed by atoms with Crippen molar-refractivity contribution in [3.05, 3.63) is 54.9 Å². The summed E-state index contributed by atoms with van der Waals surface area (Å²) in [6, 6.07) is 11.4. The molecule has 0 saturated heterocycles. The molecule has 1 unspecified atom stereocenters. The number of methoxy groups -OCH3 is 1. The summed E-state index contributed by atoms with van der Waals surface area (Å²) < 4.78 is 10.3. The molecule has 4 rings (SSSR count). The van der Waals surface area contributed by atoms with Gasteiger partial charge in [0.2, 0.25) is 12.2 Å². The quantitative estimate of drug-likeness (QED) is 0.764. The van der Waals surface area contributed by atoms with Crippen molar-refractivity contribution in [3.8, 4) is 5.88 Å². The molecule has 0 bridgehead atoms. The van der Waals surface area contributed by atoms with E-state index in [-0.39, 0.29) is 12.2 Å². The van der Waals surface area contributed by atoms with Gasteiger partial charge in [0.15, 0.2) is 0 Å². The minimum Gasteiger partial charge on any atom is -0.475 e. The van der Waals surface area contributed by atoms with Crippen LogP contribution in [0.15, 0.2) is 59.9 Å². The smallest absolute Gasteiger partial charge is 0.274 e. The van der Waals surface area contributed by atoms with Gasteiger partial charge in [-0.3, -0.25) is 4.79 Å². The molecule has 3 heterocycles. The van der Waals surface area contributed by atoms with Crippen molar-refractivity contribution in [1.82, 2.24) is 4.98 Å². The number of nitrogens with zero attached hydrogens (tertiary/aromatic N) is 3. The SMILES string of the molecule is COCCOc1ccc(NC(=O)C2=NC3Nc4ccccc4N3C=C2)cn1. The van der Waals surface area contributed by atoms with Gasteiger partial charge in [-0.25, -0.2) is 9.98 Å². The molecule has 0 spiro atoms. The second-order valence-electron chi connectivity index (χ2n) is 5.95. The van der Waals surface area contributed by atoms with Crippen LogP contribution in [0.25, 0.3) is 0 Å². The molecule has 2 N–H and O–H groups in total. The van der Waals surface area contributed by atoms with Crippen molar-refractivity contribution in [2.75, 3.05) is 35.9 Å². The predicted molar refractivity (Wildman–Crippen MR) is 103 cm³/mol. The number of rotatable bonds is 6. The van der Waals surface area contributed by atoms with Gasteiger partial charge in [0, 0.05) is 19.4 Å². The highest BCUT2D eigenvalue weighted by Gasteiger charge is 2.30. The molecule has 0 fully saturated rings. The first kappa shape index (κ1) is 17.0. The van der Waals surface area contributed by atoms with E-state index in [0.29, 0.717) is 30.5 Å². The van der Waals surface area contributed by atoms with Crippen LogP contribution in [0.2, 0.25) is 0 Å². The molecule has 2 aliphatic heterocycles. The zero-order valence-corrected chi connectivity index (χ0v) is 14.8. The molecule has 2 aliphatic rings. The normalized spacial score (nSPS) is 16.9. The summed E-state index contributed by atoms with van der Waals surface area (Å²) in [7, 11) is 1.61. The van der Waals surface area contributed by atoms with E-state index in [4.69, 9.17) is 9.47 Å². The Morgan fingerprint density at radius 3 is 2.96 bits per heavy atom. The molecule has 0 radical (unpaired) electrons. The monoisotopic (exact) mass is 365 g/mol. The largest absolute Gasteiger partial charge is 0.475 e. The Hall–Kier alpha value is -3.39. The average Bonchev–Trinajstić information content (AvgIpc) is 3.07. The Morgan fingerprint density at radius 2 is 2.15 bits per heavy atom. The minimum absolute atomic E-state index is 0.293. The third kappa shape index (κ3) is 3.61. The van der Waals surface area contributed by atoms with Gasteiger partial charge in [-0.15, -0.1) is 0 Å². The Bertz CT molecular complexity index is 894. The second kappa shape index (κ2) is 7.46. The van der Waals surface area contributed by atoms with E-state index < -0.39 is 0 Å². The number of hydrogen-bond donors (Lipinski definition) is 2. The zero-order chi connectivity index (χ0) is 18.6. The minimum atomic E-state index is -0.317. The van der Waals surface area contributed by atoms with Gasteiger partial charge in [-0.05, 0) is 24.3 Å². The van der Waals surface area contributed by atoms with Gasteiger partial charge in [0.05, 0.1) is 29.9 Å². The molecule has 1 aromatic carbocycles. The number of ether oxygens (including phenoxy) is 2. The van der Waals surface area contributed by atoms with Crippen LogP contribution in [0, 0.1) is 0 Å². The number of fused-ring (bicyclic) bond motifs is 3. The third-order valence-electron chi connectivity index (χ3n) is 4.15. The van der Waals surface area contributed by atoms with Crippen LogP contribution in [-0.4, -0.2) is 43.2 Å². The fraction of sp³-hybridized carbons (Fsp3) is 0.211. The van der Waals surface area contributed by atoms with Crippen LogP contribution in [0.1, 0.15) is 0 Å². The summed E-state index contributed by atoms with van der Waals surface area (Å²) in [5.74, 6) is 0.182. The first-order chi connectivity index (χ1) is 13.2. The van der Waals surface area contributed by atoms with Crippen LogP contribution in [-0.2, 0) is 9.53 Å². The van der Waals surface area contributed by atoms with E-state index >= 15 is 0 Å². The number of para-hydroxylation sites is 2. The summed E-state index contributed by atoms with van der Waals surface area (Å²) >= 11 is 0. The first-order valence-corrected chi connectivity index (χ1v) is 8.53. The fourth-order valence-electron chi connectivity index (χ4n) is 2.84. The summed E-state index contributed by atoms with van der Waals surface area (Å²) in [5.41, 5.74) is 2.94. The first-order valence-electron chi connectivity index (χ1n) is 8.53. The maximum absolute atomic E-state index is 12.5. The van der Waals surface area contributed by atoms with Gasteiger partial charge in [-0.1, -0.05) is 12.1 Å². The highest BCUT2D eigenvalue weighted by atomic mass is 16.5. The zero-order valence-electron chi connectivity index (χ0n) is 14.8. The maximum atomic E-state index is 12.5. The molecule has 0 saturated carbocycles. The number of nitrogens with one attached hydrogen (secondary N) is 2. The van der Waals surface area contributed by atoms with Crippen molar-refractivity contribution in [2.45, 2.75) is 6.29 Å². The number of hydrogen-bond acceptors (Lipinski definition) is 7. The highest BCUT2D eigenvalue weighted by Crippen LogP contribution is 2.35. The van der Waals surface area contributed by atoms with Crippen molar-refractivity contribution >= 4 is 28.7 Å². The maximum Gasteiger partial charge on any atom is 0.274 e. The van der Waals surface area contributed by atoms with E-state index in [9.17, 15) is 4.79 Å². The molecule has 138 valence electrons. The second-order valence-corrected chi connectivity index (χ2v) is 5.95. The number of amides is 1. The Labute approximate surface area is 156 Å². The van der Waals surface area contributed by atoms with Gasteiger partial charge < -0.3 is 25.0 Å². The lowest BCUT2D eigenvalue weighted by Gasteiger charge is -2.23. The third-order valence-corrected chi connectivity index (χ3v) is 4.15. The molecule has 27 heavy (non-hydrogen) atoms. The number of anilines is 3. The molecule has 8 heteroatoms. The standard InChI is InChI=1S/C19H19N5O3/c1-26-10-11-27-17-7-6-13(12-20-17)21-18(25)15-8-9-24-16-5-3-2-4-14(16)22-19(24)23-15/h2-9,12,19,22H,10-11H2,1H3,(H,21,25). The topological polar surface area (TPSA) is 88.1 Å². The van der Waals surface area contributed by atoms with Crippen LogP contribution in [0.5, 0.6) is 5.88 Å². The van der Waals surface area contributed by atoms with Crippen LogP contribution in [0.4, 0.5) is 17.1 Å². The van der Waals surface area contributed by atoms with Crippen LogP contribution >= 0.6 is 0 Å². The number of pyridine rings is 1. The molecular formula is C19H19N5O3. The van der Waals surface area contributed by atoms with E-state index in [0.717, 1.165) is 11.4 Å². The Kier molecular flexibility index (Phi) is 4.71. The van der Waals surface area contributed by atoms with Crippen molar-refractivity contribution in [2.24, 2.45) is 4.99 Å². The van der Waals surface area contributed by atoms with E-state index in [2.05, 4.69) is 20.6 Å². The lowest BCUT2D eigenvalue weighted by Crippen LogP contribution is -2.36. The van der Waals surface area contributed by atoms with Crippen LogP contribution < -0.4 is 20.3 Å². The molecule has 1 aromatic heterocycles. The lowest BCUT2D eigenvalue weighted by atomic mass is 10.2. The Morgan fingerprint density at radius 1 is 1.26 bits per heavy atom. The molecule has 1 amide bonds. The van der Waals surface area contributed by atoms with E-state index in [1.807, 2.05) is 35.4 Å². The number of carbonyl (C=O) groups is 1. The van der Waals surface area contributed by atoms with Crippen molar-refractivity contribution in [3.63, 3.8) is 0 Å². The summed E-state index contributed by atoms with van der Waals surface area (Å²) in [5, 5.41) is 6.08. The van der Waals surface area contributed by atoms with Crippen LogP contribution in [0.3, 0.4) is 0 Å². The summed E-state index contributed by atoms with van der Waals surface area (Å²) in [6.45, 7) is 0.909. The van der Waals surface area contributed by atoms with Crippen molar-refractivity contribution < 1.29 is 14.3 Å². The van der Waals surface area contributed by atoms with E-state index in [1.54, 1.807) is 31.5 Å². The van der Waals surface area contributed by atoms with Gasteiger partial charge in [0.1, 0.15) is 12.3 Å². The van der Waals surface area contributed by atoms with Gasteiger partial charge in [0.25, 0.3) is 5.91 Å². The predicted octanol–water partition coefficient (Wildman–Crippen LogP) is 2.23. The molecule has 2 aromatic rings. The van der Waals surface area contributed by atoms with E-state index in [1.165, 1.54) is 0 Å². The lowest BCUT2D eigenvalue weighted by molar-refractivity contribution is -0.110. The number of aromatic nitrogens is 1. The number of benzene rings is 1. The van der Waals surface area contributed by atoms with Gasteiger partial charge in [-0.2, -0.15) is 0 Å². The molecule has 1 atom stereocenters. The van der Waals surface area contributed by atoms with Gasteiger partial charge >= 0.3 is 0 Å². The number of carbonyl (C=O) groups excluding carboxylic acids is 1. The average molecular weight is 365 g/mol. The fourth-order valence-corrected chi connectivity index (χ4v) is 2.84. The molecular weight excluding hydrogens is 346 g/mol. The molecule has 8 nitrogen and oxygen atoms in total. The Balaban J connectivity index is 1.39. The summed E-state index contributed by atoms with van der Waals surface area (Å²) in [4.78, 5) is 23.1. The number of aliphatic imine (C=N–C) groups is 1.